The van der Waals surface area contributed by atoms with Gasteiger partial charge in [0.05, 0.1) is 11.1 Å². The van der Waals surface area contributed by atoms with Crippen LogP contribution in [0.1, 0.15) is 59.5 Å². The van der Waals surface area contributed by atoms with Crippen LogP contribution in [0.2, 0.25) is 0 Å². The maximum atomic E-state index is 13.2. The third kappa shape index (κ3) is 3.39. The summed E-state index contributed by atoms with van der Waals surface area (Å²) in [5, 5.41) is 1.74. The van der Waals surface area contributed by atoms with Gasteiger partial charge in [0, 0.05) is 37.0 Å². The zero-order chi connectivity index (χ0) is 21.3. The summed E-state index contributed by atoms with van der Waals surface area (Å²) < 4.78 is 6.30. The molecule has 0 aliphatic heterocycles. The molecule has 5 heteroatoms. The monoisotopic (exact) mass is 394 g/mol. The predicted octanol–water partition coefficient (Wildman–Crippen LogP) is 5.17. The Labute approximate surface area is 172 Å². The minimum absolute atomic E-state index is 0.0366. The number of hydrogen-bond donors (Lipinski definition) is 0. The molecular weight excluding hydrogens is 364 g/mol. The predicted molar refractivity (Wildman–Crippen MR) is 118 cm³/mol. The van der Waals surface area contributed by atoms with E-state index < -0.39 is 0 Å². The fraction of sp³-hybridized carbons (Fsp3) is 0.417. The molecule has 3 rings (SSSR count). The maximum absolute atomic E-state index is 13.2. The summed E-state index contributed by atoms with van der Waals surface area (Å²) in [7, 11) is 0. The highest BCUT2D eigenvalue weighted by molar-refractivity contribution is 6.18. The summed E-state index contributed by atoms with van der Waals surface area (Å²) in [5.41, 5.74) is 4.05. The number of hydrogen-bond acceptors (Lipinski definition) is 3. The first-order chi connectivity index (χ1) is 13.9. The van der Waals surface area contributed by atoms with Crippen molar-refractivity contribution in [3.05, 3.63) is 46.5 Å². The summed E-state index contributed by atoms with van der Waals surface area (Å²) in [6.45, 7) is 14.3. The van der Waals surface area contributed by atoms with Gasteiger partial charge in [0.2, 0.25) is 0 Å². The number of furan rings is 1. The van der Waals surface area contributed by atoms with Crippen LogP contribution in [0.5, 0.6) is 0 Å². The maximum Gasteiger partial charge on any atom is 0.257 e. The normalized spacial score (nSPS) is 11.2. The molecule has 0 saturated heterocycles. The lowest BCUT2D eigenvalue weighted by atomic mass is 10.00. The highest BCUT2D eigenvalue weighted by Gasteiger charge is 2.26. The average molecular weight is 395 g/mol. The van der Waals surface area contributed by atoms with E-state index >= 15 is 0 Å². The van der Waals surface area contributed by atoms with E-state index in [1.54, 1.807) is 9.80 Å². The number of fused-ring (bicyclic) bond motifs is 3. The van der Waals surface area contributed by atoms with Crippen LogP contribution >= 0.6 is 0 Å². The fourth-order valence-corrected chi connectivity index (χ4v) is 3.97. The summed E-state index contributed by atoms with van der Waals surface area (Å²) in [6, 6.07) is 7.88. The van der Waals surface area contributed by atoms with E-state index in [1.165, 1.54) is 0 Å². The third-order valence-electron chi connectivity index (χ3n) is 5.76. The van der Waals surface area contributed by atoms with Gasteiger partial charge in [0.25, 0.3) is 11.8 Å². The van der Waals surface area contributed by atoms with Gasteiger partial charge in [-0.05, 0) is 52.7 Å². The summed E-state index contributed by atoms with van der Waals surface area (Å²) in [6.07, 6.45) is 0. The number of nitrogens with zero attached hydrogens (tertiary/aromatic N) is 2. The molecule has 154 valence electrons. The number of benzene rings is 2. The van der Waals surface area contributed by atoms with Crippen molar-refractivity contribution in [2.75, 3.05) is 26.2 Å². The van der Waals surface area contributed by atoms with Crippen molar-refractivity contribution < 1.29 is 14.0 Å². The summed E-state index contributed by atoms with van der Waals surface area (Å²) in [5.74, 6) is -0.0732. The first-order valence-corrected chi connectivity index (χ1v) is 10.4. The minimum Gasteiger partial charge on any atom is -0.454 e. The van der Waals surface area contributed by atoms with Crippen LogP contribution in [0.25, 0.3) is 21.9 Å². The smallest absolute Gasteiger partial charge is 0.257 e. The zero-order valence-electron chi connectivity index (χ0n) is 18.3. The van der Waals surface area contributed by atoms with E-state index in [-0.39, 0.29) is 11.8 Å². The van der Waals surface area contributed by atoms with E-state index in [1.807, 2.05) is 65.8 Å². The van der Waals surface area contributed by atoms with Crippen molar-refractivity contribution in [3.63, 3.8) is 0 Å². The van der Waals surface area contributed by atoms with Crippen LogP contribution in [0, 0.1) is 13.8 Å². The Bertz CT molecular complexity index is 989. The molecule has 0 radical (unpaired) electrons. The first-order valence-electron chi connectivity index (χ1n) is 10.4. The van der Waals surface area contributed by atoms with Crippen LogP contribution in [-0.4, -0.2) is 47.8 Å². The molecule has 5 nitrogen and oxygen atoms in total. The molecular formula is C24H30N2O3. The van der Waals surface area contributed by atoms with Crippen molar-refractivity contribution in [1.82, 2.24) is 9.80 Å². The van der Waals surface area contributed by atoms with E-state index in [2.05, 4.69) is 0 Å². The number of carbonyl (C=O) groups is 2. The van der Waals surface area contributed by atoms with Gasteiger partial charge in [-0.2, -0.15) is 0 Å². The van der Waals surface area contributed by atoms with Gasteiger partial charge >= 0.3 is 0 Å². The van der Waals surface area contributed by atoms with Gasteiger partial charge in [0.15, 0.2) is 0 Å². The van der Waals surface area contributed by atoms with Crippen LogP contribution in [0.15, 0.2) is 28.7 Å². The fourth-order valence-electron chi connectivity index (χ4n) is 3.97. The van der Waals surface area contributed by atoms with Crippen LogP contribution in [-0.2, 0) is 0 Å². The molecule has 0 bridgehead atoms. The van der Waals surface area contributed by atoms with E-state index in [9.17, 15) is 9.59 Å². The number of amides is 2. The first kappa shape index (κ1) is 20.9. The molecule has 3 aromatic rings. The van der Waals surface area contributed by atoms with E-state index in [4.69, 9.17) is 4.42 Å². The molecule has 1 heterocycles. The molecule has 0 N–H and O–H groups in total. The second kappa shape index (κ2) is 8.27. The molecule has 0 spiro atoms. The zero-order valence-corrected chi connectivity index (χ0v) is 18.3. The van der Waals surface area contributed by atoms with Gasteiger partial charge in [-0.1, -0.05) is 24.3 Å². The van der Waals surface area contributed by atoms with Gasteiger partial charge in [-0.25, -0.2) is 0 Å². The highest BCUT2D eigenvalue weighted by Crippen LogP contribution is 2.36. The van der Waals surface area contributed by atoms with Crippen LogP contribution in [0.4, 0.5) is 0 Å². The van der Waals surface area contributed by atoms with Gasteiger partial charge in [0.1, 0.15) is 11.2 Å². The molecule has 0 saturated carbocycles. The molecule has 0 aliphatic rings. The Morgan fingerprint density at radius 1 is 0.690 bits per heavy atom. The SMILES string of the molecule is CCN(CC)C(=O)c1c(C)ccc2c1oc1c(C(=O)N(CC)CC)c(C)ccc12. The van der Waals surface area contributed by atoms with Gasteiger partial charge < -0.3 is 14.2 Å². The summed E-state index contributed by atoms with van der Waals surface area (Å²) >= 11 is 0. The lowest BCUT2D eigenvalue weighted by Crippen LogP contribution is -2.31. The Hall–Kier alpha value is -2.82. The Kier molecular flexibility index (Phi) is 5.96. The quantitative estimate of drug-likeness (QED) is 0.580. The largest absolute Gasteiger partial charge is 0.454 e. The molecule has 2 amide bonds. The Morgan fingerprint density at radius 2 is 1.03 bits per heavy atom. The summed E-state index contributed by atoms with van der Waals surface area (Å²) in [4.78, 5) is 30.0. The molecule has 1 aromatic heterocycles. The van der Waals surface area contributed by atoms with Crippen molar-refractivity contribution in [1.29, 1.82) is 0 Å². The number of aryl methyl sites for hydroxylation is 2. The Morgan fingerprint density at radius 3 is 1.34 bits per heavy atom. The topological polar surface area (TPSA) is 53.8 Å². The standard InChI is InChI=1S/C24H30N2O3/c1-7-25(8-2)23(27)19-15(5)11-13-17-18-14-12-16(6)20(22(18)29-21(17)19)24(28)26(9-3)10-4/h11-14H,7-10H2,1-6H3. The third-order valence-corrected chi connectivity index (χ3v) is 5.76. The second-order valence-corrected chi connectivity index (χ2v) is 7.33. The van der Waals surface area contributed by atoms with Crippen LogP contribution in [0.3, 0.4) is 0 Å². The highest BCUT2D eigenvalue weighted by atomic mass is 16.3. The van der Waals surface area contributed by atoms with Crippen molar-refractivity contribution in [2.45, 2.75) is 41.5 Å². The minimum atomic E-state index is -0.0366. The average Bonchev–Trinajstić information content (AvgIpc) is 3.07. The molecule has 0 aliphatic carbocycles. The van der Waals surface area contributed by atoms with Gasteiger partial charge in [-0.3, -0.25) is 9.59 Å². The second-order valence-electron chi connectivity index (χ2n) is 7.33. The van der Waals surface area contributed by atoms with E-state index in [0.717, 1.165) is 21.9 Å². The van der Waals surface area contributed by atoms with Gasteiger partial charge in [-0.15, -0.1) is 0 Å². The lowest BCUT2D eigenvalue weighted by molar-refractivity contribution is 0.0766. The number of carbonyl (C=O) groups excluding carboxylic acids is 2. The molecule has 29 heavy (non-hydrogen) atoms. The molecule has 0 atom stereocenters. The van der Waals surface area contributed by atoms with E-state index in [0.29, 0.717) is 48.5 Å². The molecule has 2 aromatic carbocycles. The van der Waals surface area contributed by atoms with Crippen molar-refractivity contribution >= 4 is 33.8 Å². The lowest BCUT2D eigenvalue weighted by Gasteiger charge is -2.20. The van der Waals surface area contributed by atoms with Crippen molar-refractivity contribution in [2.24, 2.45) is 0 Å². The van der Waals surface area contributed by atoms with Crippen molar-refractivity contribution in [3.8, 4) is 0 Å². The molecule has 0 unspecified atom stereocenters. The number of rotatable bonds is 6. The molecule has 0 fully saturated rings. The van der Waals surface area contributed by atoms with Crippen LogP contribution < -0.4 is 0 Å². The Balaban J connectivity index is 2.33.